The Morgan fingerprint density at radius 2 is 2.35 bits per heavy atom. The van der Waals surface area contributed by atoms with E-state index < -0.39 is 0 Å². The standard InChI is InChI=1S/C13H21BrN2S/c1-2-3-7-16(10-4-5-10)12(9-15)13-11(14)6-8-17-13/h6,8,10,12H,2-5,7,9,15H2,1H3. The average molecular weight is 317 g/mol. The van der Waals surface area contributed by atoms with E-state index >= 15 is 0 Å². The average Bonchev–Trinajstić information content (AvgIpc) is 3.08. The van der Waals surface area contributed by atoms with E-state index in [-0.39, 0.29) is 0 Å². The van der Waals surface area contributed by atoms with Crippen molar-refractivity contribution in [1.82, 2.24) is 4.90 Å². The molecule has 0 amide bonds. The molecule has 17 heavy (non-hydrogen) atoms. The van der Waals surface area contributed by atoms with Crippen LogP contribution in [0, 0.1) is 0 Å². The summed E-state index contributed by atoms with van der Waals surface area (Å²) in [4.78, 5) is 4.02. The van der Waals surface area contributed by atoms with Crippen LogP contribution in [0.4, 0.5) is 0 Å². The van der Waals surface area contributed by atoms with Gasteiger partial charge in [0.15, 0.2) is 0 Å². The second kappa shape index (κ2) is 6.32. The minimum Gasteiger partial charge on any atom is -0.329 e. The number of nitrogens with two attached hydrogens (primary N) is 1. The zero-order valence-corrected chi connectivity index (χ0v) is 12.8. The summed E-state index contributed by atoms with van der Waals surface area (Å²) in [7, 11) is 0. The maximum absolute atomic E-state index is 6.02. The van der Waals surface area contributed by atoms with Gasteiger partial charge < -0.3 is 5.73 Å². The van der Waals surface area contributed by atoms with Gasteiger partial charge in [-0.2, -0.15) is 0 Å². The molecule has 1 aliphatic carbocycles. The first-order chi connectivity index (χ1) is 8.27. The molecule has 0 bridgehead atoms. The van der Waals surface area contributed by atoms with Gasteiger partial charge in [-0.1, -0.05) is 13.3 Å². The lowest BCUT2D eigenvalue weighted by atomic mass is 10.1. The Morgan fingerprint density at radius 3 is 2.82 bits per heavy atom. The molecule has 0 aliphatic heterocycles. The highest BCUT2D eigenvalue weighted by Crippen LogP contribution is 2.38. The van der Waals surface area contributed by atoms with Crippen LogP contribution in [0.3, 0.4) is 0 Å². The predicted octanol–water partition coefficient (Wildman–Crippen LogP) is 3.77. The molecule has 96 valence electrons. The van der Waals surface area contributed by atoms with Crippen LogP contribution in [-0.2, 0) is 0 Å². The van der Waals surface area contributed by atoms with Crippen molar-refractivity contribution in [2.75, 3.05) is 13.1 Å². The Morgan fingerprint density at radius 1 is 1.59 bits per heavy atom. The second-order valence-corrected chi connectivity index (χ2v) is 6.51. The highest BCUT2D eigenvalue weighted by molar-refractivity contribution is 9.10. The van der Waals surface area contributed by atoms with E-state index in [1.54, 1.807) is 0 Å². The third-order valence-corrected chi connectivity index (χ3v) is 5.33. The van der Waals surface area contributed by atoms with Crippen molar-refractivity contribution in [2.45, 2.75) is 44.7 Å². The second-order valence-electron chi connectivity index (χ2n) is 4.71. The molecular formula is C13H21BrN2S. The van der Waals surface area contributed by atoms with Crippen LogP contribution in [-0.4, -0.2) is 24.0 Å². The molecule has 2 rings (SSSR count). The largest absolute Gasteiger partial charge is 0.329 e. The summed E-state index contributed by atoms with van der Waals surface area (Å²) in [5.41, 5.74) is 6.02. The first-order valence-electron chi connectivity index (χ1n) is 6.46. The maximum atomic E-state index is 6.02. The molecule has 0 radical (unpaired) electrons. The summed E-state index contributed by atoms with van der Waals surface area (Å²) in [5, 5.41) is 2.15. The molecule has 2 nitrogen and oxygen atoms in total. The van der Waals surface area contributed by atoms with E-state index in [0.717, 1.165) is 12.6 Å². The van der Waals surface area contributed by atoms with Gasteiger partial charge in [-0.25, -0.2) is 0 Å². The molecule has 2 N–H and O–H groups in total. The van der Waals surface area contributed by atoms with Gasteiger partial charge in [0.1, 0.15) is 0 Å². The van der Waals surface area contributed by atoms with Crippen molar-refractivity contribution in [3.05, 3.63) is 20.8 Å². The summed E-state index contributed by atoms with van der Waals surface area (Å²) in [6.07, 6.45) is 5.23. The molecule has 1 aromatic heterocycles. The molecule has 1 heterocycles. The zero-order valence-electron chi connectivity index (χ0n) is 10.4. The molecule has 1 fully saturated rings. The fourth-order valence-electron chi connectivity index (χ4n) is 2.28. The van der Waals surface area contributed by atoms with Crippen molar-refractivity contribution in [1.29, 1.82) is 0 Å². The minimum atomic E-state index is 0.406. The maximum Gasteiger partial charge on any atom is 0.0578 e. The van der Waals surface area contributed by atoms with Gasteiger partial charge in [0.05, 0.1) is 6.04 Å². The Labute approximate surface area is 116 Å². The summed E-state index contributed by atoms with van der Waals surface area (Å²) in [6.45, 7) is 4.16. The van der Waals surface area contributed by atoms with E-state index in [1.807, 2.05) is 11.3 Å². The quantitative estimate of drug-likeness (QED) is 0.829. The fourth-order valence-corrected chi connectivity index (χ4v) is 4.05. The Bertz CT molecular complexity index is 349. The Kier molecular flexibility index (Phi) is 5.03. The van der Waals surface area contributed by atoms with Gasteiger partial charge in [-0.05, 0) is 53.2 Å². The SMILES string of the molecule is CCCCN(C1CC1)C(CN)c1sccc1Br. The van der Waals surface area contributed by atoms with Crippen molar-refractivity contribution in [3.63, 3.8) is 0 Å². The van der Waals surface area contributed by atoms with E-state index in [4.69, 9.17) is 5.73 Å². The normalized spacial score (nSPS) is 17.6. The molecule has 0 saturated heterocycles. The van der Waals surface area contributed by atoms with Crippen molar-refractivity contribution < 1.29 is 0 Å². The minimum absolute atomic E-state index is 0.406. The van der Waals surface area contributed by atoms with Gasteiger partial charge in [-0.3, -0.25) is 4.90 Å². The lowest BCUT2D eigenvalue weighted by molar-refractivity contribution is 0.190. The molecule has 1 aromatic rings. The van der Waals surface area contributed by atoms with Crippen LogP contribution < -0.4 is 5.73 Å². The first-order valence-corrected chi connectivity index (χ1v) is 8.13. The molecule has 1 aliphatic rings. The molecule has 1 saturated carbocycles. The summed E-state index contributed by atoms with van der Waals surface area (Å²) >= 11 is 5.46. The molecular weight excluding hydrogens is 296 g/mol. The van der Waals surface area contributed by atoms with Crippen LogP contribution >= 0.6 is 27.3 Å². The van der Waals surface area contributed by atoms with Crippen molar-refractivity contribution in [3.8, 4) is 0 Å². The number of nitrogens with zero attached hydrogens (tertiary/aromatic N) is 1. The van der Waals surface area contributed by atoms with Gasteiger partial charge in [0.25, 0.3) is 0 Å². The molecule has 1 unspecified atom stereocenters. The number of unbranched alkanes of at least 4 members (excludes halogenated alkanes) is 1. The molecule has 4 heteroatoms. The van der Waals surface area contributed by atoms with Gasteiger partial charge in [0, 0.05) is 21.9 Å². The number of halogens is 1. The summed E-state index contributed by atoms with van der Waals surface area (Å²) in [6, 6.07) is 3.32. The van der Waals surface area contributed by atoms with Crippen molar-refractivity contribution >= 4 is 27.3 Å². The van der Waals surface area contributed by atoms with E-state index in [2.05, 4.69) is 39.2 Å². The highest BCUT2D eigenvalue weighted by Gasteiger charge is 2.34. The van der Waals surface area contributed by atoms with Crippen LogP contribution in [0.25, 0.3) is 0 Å². The van der Waals surface area contributed by atoms with Crippen LogP contribution in [0.5, 0.6) is 0 Å². The molecule has 0 aromatic carbocycles. The number of rotatable bonds is 7. The lowest BCUT2D eigenvalue weighted by Crippen LogP contribution is -2.36. The molecule has 0 spiro atoms. The van der Waals surface area contributed by atoms with Crippen LogP contribution in [0.15, 0.2) is 15.9 Å². The van der Waals surface area contributed by atoms with Gasteiger partial charge in [0.2, 0.25) is 0 Å². The number of hydrogen-bond donors (Lipinski definition) is 1. The van der Waals surface area contributed by atoms with Gasteiger partial charge >= 0.3 is 0 Å². The van der Waals surface area contributed by atoms with Crippen molar-refractivity contribution in [2.24, 2.45) is 5.73 Å². The zero-order chi connectivity index (χ0) is 12.3. The van der Waals surface area contributed by atoms with E-state index in [1.165, 1.54) is 41.6 Å². The van der Waals surface area contributed by atoms with Gasteiger partial charge in [-0.15, -0.1) is 11.3 Å². The van der Waals surface area contributed by atoms with E-state index in [0.29, 0.717) is 6.04 Å². The third-order valence-electron chi connectivity index (χ3n) is 3.36. The van der Waals surface area contributed by atoms with E-state index in [9.17, 15) is 0 Å². The Hall–Kier alpha value is 0.100. The van der Waals surface area contributed by atoms with Crippen LogP contribution in [0.1, 0.15) is 43.5 Å². The number of thiophene rings is 1. The lowest BCUT2D eigenvalue weighted by Gasteiger charge is -2.30. The summed E-state index contributed by atoms with van der Waals surface area (Å²) < 4.78 is 1.22. The topological polar surface area (TPSA) is 29.3 Å². The fraction of sp³-hybridized carbons (Fsp3) is 0.692. The Balaban J connectivity index is 2.11. The summed E-state index contributed by atoms with van der Waals surface area (Å²) in [5.74, 6) is 0. The first kappa shape index (κ1) is 13.5. The van der Waals surface area contributed by atoms with Crippen LogP contribution in [0.2, 0.25) is 0 Å². The highest BCUT2D eigenvalue weighted by atomic mass is 79.9. The molecule has 1 atom stereocenters. The number of hydrogen-bond acceptors (Lipinski definition) is 3. The smallest absolute Gasteiger partial charge is 0.0578 e. The monoisotopic (exact) mass is 316 g/mol. The predicted molar refractivity (Wildman–Crippen MR) is 78.5 cm³/mol. The third kappa shape index (κ3) is 3.31.